The number of hydrogen-bond acceptors (Lipinski definition) is 6. The van der Waals surface area contributed by atoms with Crippen LogP contribution in [0.3, 0.4) is 0 Å². The lowest BCUT2D eigenvalue weighted by Crippen LogP contribution is -2.39. The molecule has 254 valence electrons. The Morgan fingerprint density at radius 1 is 0.731 bits per heavy atom. The van der Waals surface area contributed by atoms with Gasteiger partial charge in [-0.1, -0.05) is 122 Å². The fourth-order valence-electron chi connectivity index (χ4n) is 8.26. The lowest BCUT2D eigenvalue weighted by Gasteiger charge is -2.36. The largest absolute Gasteiger partial charge is 0.303 e. The van der Waals surface area contributed by atoms with Crippen LogP contribution in [-0.4, -0.2) is 39.7 Å². The minimum absolute atomic E-state index is 0.0866. The van der Waals surface area contributed by atoms with Gasteiger partial charge >= 0.3 is 0 Å². The molecule has 0 N–H and O–H groups in total. The molecule has 4 aromatic heterocycles. The van der Waals surface area contributed by atoms with Crippen molar-refractivity contribution in [2.24, 2.45) is 0 Å². The van der Waals surface area contributed by atoms with Crippen molar-refractivity contribution < 1.29 is 0 Å². The predicted molar refractivity (Wildman–Crippen MR) is 204 cm³/mol. The summed E-state index contributed by atoms with van der Waals surface area (Å²) < 4.78 is 4.34. The molecule has 52 heavy (non-hydrogen) atoms. The maximum Gasteiger partial charge on any atom is 0.184 e. The summed E-state index contributed by atoms with van der Waals surface area (Å²) in [6, 6.07) is 44.4. The van der Waals surface area contributed by atoms with Crippen molar-refractivity contribution in [3.8, 4) is 22.5 Å². The Bertz CT molecular complexity index is 2440. The summed E-state index contributed by atoms with van der Waals surface area (Å²) >= 11 is 0. The summed E-state index contributed by atoms with van der Waals surface area (Å²) in [5.74, 6) is 1.72. The van der Waals surface area contributed by atoms with Crippen LogP contribution in [0.25, 0.3) is 33.7 Å². The van der Waals surface area contributed by atoms with Crippen LogP contribution in [0.4, 0.5) is 0 Å². The van der Waals surface area contributed by atoms with Gasteiger partial charge in [0.25, 0.3) is 0 Å². The van der Waals surface area contributed by atoms with Crippen LogP contribution in [0.1, 0.15) is 64.4 Å². The molecule has 8 heteroatoms. The van der Waals surface area contributed by atoms with Crippen molar-refractivity contribution >= 4 is 11.2 Å². The molecule has 0 bridgehead atoms. The van der Waals surface area contributed by atoms with Gasteiger partial charge in [-0.15, -0.1) is 5.10 Å². The van der Waals surface area contributed by atoms with E-state index in [4.69, 9.17) is 25.3 Å². The summed E-state index contributed by atoms with van der Waals surface area (Å²) in [5, 5.41) is 13.9. The summed E-state index contributed by atoms with van der Waals surface area (Å²) in [6.45, 7) is 6.34. The zero-order valence-electron chi connectivity index (χ0n) is 29.5. The first-order valence-corrected chi connectivity index (χ1v) is 18.0. The SMILES string of the molecule is CCc1nc2c(C)cc(C)nc2n1C1CCc2cc(-c3ccccc3-c3nnnn3C(c3ccccc3)(c3ccccc3)c3ccccc3)cnc21. The second-order valence-corrected chi connectivity index (χ2v) is 13.6. The normalized spacial score (nSPS) is 14.2. The van der Waals surface area contributed by atoms with E-state index < -0.39 is 5.54 Å². The highest BCUT2D eigenvalue weighted by atomic mass is 15.6. The van der Waals surface area contributed by atoms with Crippen LogP contribution >= 0.6 is 0 Å². The maximum absolute atomic E-state index is 5.20. The minimum Gasteiger partial charge on any atom is -0.303 e. The van der Waals surface area contributed by atoms with Crippen LogP contribution in [0, 0.1) is 13.8 Å². The predicted octanol–water partition coefficient (Wildman–Crippen LogP) is 8.70. The molecule has 0 fully saturated rings. The molecule has 4 heterocycles. The Balaban J connectivity index is 1.20. The second kappa shape index (κ2) is 12.8. The van der Waals surface area contributed by atoms with Crippen molar-refractivity contribution in [1.82, 2.24) is 39.7 Å². The number of aromatic nitrogens is 8. The first-order chi connectivity index (χ1) is 25.6. The number of nitrogens with zero attached hydrogens (tertiary/aromatic N) is 8. The van der Waals surface area contributed by atoms with Gasteiger partial charge in [-0.2, -0.15) is 0 Å². The maximum atomic E-state index is 5.20. The third kappa shape index (κ3) is 4.97. The molecule has 1 aliphatic rings. The Hall–Kier alpha value is -6.28. The number of imidazole rings is 1. The molecule has 1 atom stereocenters. The van der Waals surface area contributed by atoms with E-state index >= 15 is 0 Å². The van der Waals surface area contributed by atoms with Crippen LogP contribution in [0.5, 0.6) is 0 Å². The van der Waals surface area contributed by atoms with Gasteiger partial charge in [-0.05, 0) is 82.6 Å². The highest BCUT2D eigenvalue weighted by Gasteiger charge is 2.42. The standard InChI is InChI=1S/C44H38N8/c1-4-39-47-40-29(2)26-30(3)46-43(40)51(39)38-25-24-31-27-32(28-45-41(31)38)36-22-14-15-23-37(36)42-48-49-50-52(42)44(33-16-8-5-9-17-33,34-18-10-6-11-19-34)35-20-12-7-13-21-35/h5-23,26-28,38H,4,24-25H2,1-3H3. The van der Waals surface area contributed by atoms with Gasteiger partial charge in [-0.25, -0.2) is 14.6 Å². The van der Waals surface area contributed by atoms with Crippen molar-refractivity contribution in [2.45, 2.75) is 51.6 Å². The first-order valence-electron chi connectivity index (χ1n) is 18.0. The van der Waals surface area contributed by atoms with Gasteiger partial charge < -0.3 is 4.57 Å². The Labute approximate surface area is 302 Å². The van der Waals surface area contributed by atoms with Gasteiger partial charge in [-0.3, -0.25) is 4.98 Å². The molecule has 8 aromatic rings. The van der Waals surface area contributed by atoms with Crippen molar-refractivity contribution in [3.63, 3.8) is 0 Å². The number of hydrogen-bond donors (Lipinski definition) is 0. The molecule has 1 aliphatic carbocycles. The van der Waals surface area contributed by atoms with Crippen LogP contribution in [0.2, 0.25) is 0 Å². The summed E-state index contributed by atoms with van der Waals surface area (Å²) in [7, 11) is 0. The van der Waals surface area contributed by atoms with Gasteiger partial charge in [0.15, 0.2) is 11.5 Å². The number of tetrazole rings is 1. The van der Waals surface area contributed by atoms with Crippen LogP contribution in [0.15, 0.2) is 134 Å². The van der Waals surface area contributed by atoms with Gasteiger partial charge in [0.05, 0.1) is 11.7 Å². The van der Waals surface area contributed by atoms with Crippen molar-refractivity contribution in [2.75, 3.05) is 0 Å². The van der Waals surface area contributed by atoms with E-state index in [1.165, 1.54) is 5.56 Å². The van der Waals surface area contributed by atoms with Gasteiger partial charge in [0, 0.05) is 29.4 Å². The Morgan fingerprint density at radius 3 is 1.98 bits per heavy atom. The summed E-state index contributed by atoms with van der Waals surface area (Å²) in [6.07, 6.45) is 4.72. The molecule has 0 aliphatic heterocycles. The van der Waals surface area contributed by atoms with Gasteiger partial charge in [0.2, 0.25) is 0 Å². The molecular formula is C44H38N8. The lowest BCUT2D eigenvalue weighted by molar-refractivity contribution is 0.451. The highest BCUT2D eigenvalue weighted by Crippen LogP contribution is 2.44. The van der Waals surface area contributed by atoms with E-state index in [0.717, 1.165) is 86.6 Å². The minimum atomic E-state index is -0.853. The number of benzene rings is 4. The summed E-state index contributed by atoms with van der Waals surface area (Å²) in [5.41, 5.74) is 11.7. The molecule has 8 nitrogen and oxygen atoms in total. The molecule has 1 unspecified atom stereocenters. The number of aryl methyl sites for hydroxylation is 4. The number of fused-ring (bicyclic) bond motifs is 2. The van der Waals surface area contributed by atoms with E-state index in [1.807, 2.05) is 29.1 Å². The average molecular weight is 679 g/mol. The van der Waals surface area contributed by atoms with Crippen LogP contribution in [-0.2, 0) is 18.4 Å². The number of pyridine rings is 2. The highest BCUT2D eigenvalue weighted by molar-refractivity contribution is 5.81. The molecule has 0 saturated heterocycles. The zero-order chi connectivity index (χ0) is 35.2. The third-order valence-corrected chi connectivity index (χ3v) is 10.5. The van der Waals surface area contributed by atoms with E-state index in [2.05, 4.69) is 140 Å². The molecule has 0 saturated carbocycles. The lowest BCUT2D eigenvalue weighted by atomic mass is 9.77. The van der Waals surface area contributed by atoms with E-state index in [9.17, 15) is 0 Å². The molecule has 9 rings (SSSR count). The van der Waals surface area contributed by atoms with Crippen molar-refractivity contribution in [1.29, 1.82) is 0 Å². The molecular weight excluding hydrogens is 641 g/mol. The third-order valence-electron chi connectivity index (χ3n) is 10.5. The quantitative estimate of drug-likeness (QED) is 0.150. The van der Waals surface area contributed by atoms with E-state index in [1.54, 1.807) is 0 Å². The second-order valence-electron chi connectivity index (χ2n) is 13.6. The Morgan fingerprint density at radius 2 is 1.35 bits per heavy atom. The van der Waals surface area contributed by atoms with E-state index in [0.29, 0.717) is 5.82 Å². The first kappa shape index (κ1) is 31.7. The average Bonchev–Trinajstić information content (AvgIpc) is 3.94. The monoisotopic (exact) mass is 678 g/mol. The summed E-state index contributed by atoms with van der Waals surface area (Å²) in [4.78, 5) is 15.2. The van der Waals surface area contributed by atoms with Gasteiger partial charge in [0.1, 0.15) is 16.9 Å². The fraction of sp³-hybridized carbons (Fsp3) is 0.182. The van der Waals surface area contributed by atoms with Crippen LogP contribution < -0.4 is 0 Å². The number of rotatable bonds is 8. The molecule has 0 radical (unpaired) electrons. The zero-order valence-corrected chi connectivity index (χ0v) is 29.5. The van der Waals surface area contributed by atoms with Crippen molar-refractivity contribution in [3.05, 3.63) is 179 Å². The molecule has 0 spiro atoms. The topological polar surface area (TPSA) is 87.2 Å². The van der Waals surface area contributed by atoms with E-state index in [-0.39, 0.29) is 6.04 Å². The smallest absolute Gasteiger partial charge is 0.184 e. The molecule has 0 amide bonds. The molecule has 4 aromatic carbocycles. The fourth-order valence-corrected chi connectivity index (χ4v) is 8.26. The Kier molecular flexibility index (Phi) is 7.80.